The zero-order valence-corrected chi connectivity index (χ0v) is 16.1. The molecule has 0 spiro atoms. The molecule has 8 nitrogen and oxygen atoms in total. The van der Waals surface area contributed by atoms with E-state index in [9.17, 15) is 9.59 Å². The number of hydrogen-bond donors (Lipinski definition) is 2. The first kappa shape index (κ1) is 17.4. The van der Waals surface area contributed by atoms with Gasteiger partial charge in [-0.3, -0.25) is 9.78 Å². The maximum atomic E-state index is 12.4. The summed E-state index contributed by atoms with van der Waals surface area (Å²) in [4.78, 5) is 35.3. The Morgan fingerprint density at radius 1 is 1.31 bits per heavy atom. The molecule has 0 bridgehead atoms. The predicted octanol–water partition coefficient (Wildman–Crippen LogP) is 3.38. The van der Waals surface area contributed by atoms with Crippen molar-refractivity contribution < 1.29 is 9.21 Å². The van der Waals surface area contributed by atoms with Gasteiger partial charge < -0.3 is 14.1 Å². The fourth-order valence-electron chi connectivity index (χ4n) is 3.19. The number of thiazole rings is 1. The van der Waals surface area contributed by atoms with Crippen molar-refractivity contribution in [1.82, 2.24) is 19.4 Å². The third-order valence-corrected chi connectivity index (χ3v) is 5.29. The highest BCUT2D eigenvalue weighted by molar-refractivity contribution is 7.14. The van der Waals surface area contributed by atoms with Gasteiger partial charge in [-0.05, 0) is 30.7 Å². The molecule has 1 amide bonds. The summed E-state index contributed by atoms with van der Waals surface area (Å²) in [6, 6.07) is 9.28. The summed E-state index contributed by atoms with van der Waals surface area (Å²) in [5, 5.41) is 5.16. The topological polar surface area (TPSA) is 105 Å². The molecule has 4 aromatic heterocycles. The van der Waals surface area contributed by atoms with Crippen molar-refractivity contribution in [2.45, 2.75) is 13.3 Å². The summed E-state index contributed by atoms with van der Waals surface area (Å²) < 4.78 is 7.00. The SMILES string of the molecule is Cc1cccn2cc(CC(=O)Nc3nc(-c4ccc5[nH]c(=O)oc5c4)cs3)nc12. The number of amides is 1. The predicted molar refractivity (Wildman–Crippen MR) is 110 cm³/mol. The molecular formula is C20H15N5O3S. The quantitative estimate of drug-likeness (QED) is 0.477. The third-order valence-electron chi connectivity index (χ3n) is 4.54. The number of fused-ring (bicyclic) bond motifs is 2. The first-order chi connectivity index (χ1) is 14.0. The first-order valence-corrected chi connectivity index (χ1v) is 9.75. The summed E-state index contributed by atoms with van der Waals surface area (Å²) in [7, 11) is 0. The number of rotatable bonds is 4. The minimum Gasteiger partial charge on any atom is -0.408 e. The molecule has 0 saturated carbocycles. The molecule has 2 N–H and O–H groups in total. The molecule has 0 aliphatic rings. The van der Waals surface area contributed by atoms with Crippen LogP contribution in [0.2, 0.25) is 0 Å². The minimum atomic E-state index is -0.495. The molecule has 0 atom stereocenters. The van der Waals surface area contributed by atoms with E-state index in [0.717, 1.165) is 16.8 Å². The smallest absolute Gasteiger partial charge is 0.408 e. The van der Waals surface area contributed by atoms with Crippen molar-refractivity contribution in [1.29, 1.82) is 0 Å². The number of aryl methyl sites for hydroxylation is 1. The number of nitrogens with zero attached hydrogens (tertiary/aromatic N) is 3. The van der Waals surface area contributed by atoms with E-state index < -0.39 is 5.76 Å². The Kier molecular flexibility index (Phi) is 4.02. The van der Waals surface area contributed by atoms with Crippen molar-refractivity contribution in [3.63, 3.8) is 0 Å². The number of benzene rings is 1. The van der Waals surface area contributed by atoms with Gasteiger partial charge in [0, 0.05) is 23.3 Å². The number of carbonyl (C=O) groups is 1. The molecule has 5 aromatic rings. The lowest BCUT2D eigenvalue weighted by molar-refractivity contribution is -0.115. The number of aromatic amines is 1. The van der Waals surface area contributed by atoms with E-state index in [2.05, 4.69) is 20.3 Å². The van der Waals surface area contributed by atoms with Crippen LogP contribution < -0.4 is 11.1 Å². The molecule has 0 unspecified atom stereocenters. The largest absolute Gasteiger partial charge is 0.417 e. The molecule has 5 rings (SSSR count). The number of carbonyl (C=O) groups excluding carboxylic acids is 1. The molecule has 29 heavy (non-hydrogen) atoms. The molecule has 0 saturated heterocycles. The van der Waals surface area contributed by atoms with Crippen molar-refractivity contribution in [3.05, 3.63) is 69.9 Å². The average Bonchev–Trinajstić information content (AvgIpc) is 3.38. The summed E-state index contributed by atoms with van der Waals surface area (Å²) >= 11 is 1.33. The Labute approximate surface area is 167 Å². The lowest BCUT2D eigenvalue weighted by Crippen LogP contribution is -2.14. The number of pyridine rings is 1. The third kappa shape index (κ3) is 3.32. The Balaban J connectivity index is 1.32. The fraction of sp³-hybridized carbons (Fsp3) is 0.100. The Morgan fingerprint density at radius 3 is 3.07 bits per heavy atom. The van der Waals surface area contributed by atoms with Gasteiger partial charge >= 0.3 is 5.76 Å². The molecular weight excluding hydrogens is 390 g/mol. The van der Waals surface area contributed by atoms with Crippen LogP contribution in [0.25, 0.3) is 28.0 Å². The van der Waals surface area contributed by atoms with Gasteiger partial charge in [0.05, 0.1) is 23.3 Å². The first-order valence-electron chi connectivity index (χ1n) is 8.87. The fourth-order valence-corrected chi connectivity index (χ4v) is 3.92. The van der Waals surface area contributed by atoms with Gasteiger partial charge in [0.25, 0.3) is 0 Å². The van der Waals surface area contributed by atoms with E-state index in [4.69, 9.17) is 4.42 Å². The Bertz CT molecular complexity index is 1420. The number of oxazole rings is 1. The minimum absolute atomic E-state index is 0.163. The van der Waals surface area contributed by atoms with E-state index in [1.54, 1.807) is 12.1 Å². The number of H-pyrrole nitrogens is 1. The lowest BCUT2D eigenvalue weighted by Gasteiger charge is -1.99. The monoisotopic (exact) mass is 405 g/mol. The van der Waals surface area contributed by atoms with Gasteiger partial charge in [-0.2, -0.15) is 0 Å². The molecule has 9 heteroatoms. The van der Waals surface area contributed by atoms with Crippen LogP contribution in [0, 0.1) is 6.92 Å². The van der Waals surface area contributed by atoms with Crippen LogP contribution in [0.15, 0.2) is 57.3 Å². The highest BCUT2D eigenvalue weighted by Crippen LogP contribution is 2.27. The summed E-state index contributed by atoms with van der Waals surface area (Å²) in [6.07, 6.45) is 3.93. The van der Waals surface area contributed by atoms with Crippen molar-refractivity contribution in [2.75, 3.05) is 5.32 Å². The van der Waals surface area contributed by atoms with Crippen LogP contribution in [0.5, 0.6) is 0 Å². The highest BCUT2D eigenvalue weighted by atomic mass is 32.1. The van der Waals surface area contributed by atoms with Gasteiger partial charge in [0.2, 0.25) is 5.91 Å². The molecule has 144 valence electrons. The molecule has 1 aromatic carbocycles. The number of nitrogens with one attached hydrogen (secondary N) is 2. The van der Waals surface area contributed by atoms with Crippen molar-refractivity contribution >= 4 is 39.1 Å². The normalized spacial score (nSPS) is 11.3. The van der Waals surface area contributed by atoms with Gasteiger partial charge in [-0.25, -0.2) is 14.8 Å². The van der Waals surface area contributed by atoms with Crippen molar-refractivity contribution in [2.24, 2.45) is 0 Å². The average molecular weight is 405 g/mol. The maximum Gasteiger partial charge on any atom is 0.417 e. The van der Waals surface area contributed by atoms with E-state index in [1.165, 1.54) is 11.3 Å². The van der Waals surface area contributed by atoms with Crippen molar-refractivity contribution in [3.8, 4) is 11.3 Å². The second-order valence-electron chi connectivity index (χ2n) is 6.64. The van der Waals surface area contributed by atoms with E-state index in [1.807, 2.05) is 47.3 Å². The second kappa shape index (κ2) is 6.71. The molecule has 0 aliphatic carbocycles. The zero-order valence-electron chi connectivity index (χ0n) is 15.3. The van der Waals surface area contributed by atoms with Crippen LogP contribution in [-0.4, -0.2) is 25.3 Å². The number of anilines is 1. The number of hydrogen-bond acceptors (Lipinski definition) is 6. The van der Waals surface area contributed by atoms with Gasteiger partial charge in [0.15, 0.2) is 10.7 Å². The lowest BCUT2D eigenvalue weighted by atomic mass is 10.1. The Hall–Kier alpha value is -3.72. The van der Waals surface area contributed by atoms with Crippen LogP contribution in [-0.2, 0) is 11.2 Å². The van der Waals surface area contributed by atoms with Crippen LogP contribution >= 0.6 is 11.3 Å². The summed E-state index contributed by atoms with van der Waals surface area (Å²) in [5.41, 5.74) is 5.18. The van der Waals surface area contributed by atoms with Gasteiger partial charge in [0.1, 0.15) is 5.65 Å². The number of aromatic nitrogens is 4. The van der Waals surface area contributed by atoms with Crippen LogP contribution in [0.1, 0.15) is 11.3 Å². The summed E-state index contributed by atoms with van der Waals surface area (Å²) in [5.74, 6) is -0.676. The number of imidazole rings is 1. The van der Waals surface area contributed by atoms with E-state index >= 15 is 0 Å². The van der Waals surface area contributed by atoms with Crippen LogP contribution in [0.3, 0.4) is 0 Å². The van der Waals surface area contributed by atoms with Gasteiger partial charge in [-0.1, -0.05) is 12.1 Å². The highest BCUT2D eigenvalue weighted by Gasteiger charge is 2.12. The maximum absolute atomic E-state index is 12.4. The summed E-state index contributed by atoms with van der Waals surface area (Å²) in [6.45, 7) is 1.99. The van der Waals surface area contributed by atoms with Gasteiger partial charge in [-0.15, -0.1) is 11.3 Å². The Morgan fingerprint density at radius 2 is 2.21 bits per heavy atom. The van der Waals surface area contributed by atoms with Crippen LogP contribution in [0.4, 0.5) is 5.13 Å². The molecule has 4 heterocycles. The van der Waals surface area contributed by atoms with E-state index in [0.29, 0.717) is 27.6 Å². The molecule has 0 aliphatic heterocycles. The van der Waals surface area contributed by atoms with E-state index in [-0.39, 0.29) is 12.3 Å². The standard InChI is InChI=1S/C20H15N5O3S/c1-11-3-2-6-25-9-13(21-18(11)25)8-17(26)24-19-22-15(10-29-19)12-4-5-14-16(7-12)28-20(27)23-14/h2-7,9-10H,8H2,1H3,(H,23,27)(H,22,24,26). The molecule has 0 radical (unpaired) electrons. The molecule has 0 fully saturated rings. The zero-order chi connectivity index (χ0) is 20.0. The second-order valence-corrected chi connectivity index (χ2v) is 7.50.